The topological polar surface area (TPSA) is 0 Å². The van der Waals surface area contributed by atoms with Crippen molar-refractivity contribution in [2.75, 3.05) is 17.3 Å². The Morgan fingerprint density at radius 3 is 1.30 bits per heavy atom. The van der Waals surface area contributed by atoms with E-state index in [1.807, 2.05) is 0 Å². The van der Waals surface area contributed by atoms with Crippen molar-refractivity contribution in [2.24, 2.45) is 0 Å². The molecule has 2 atom stereocenters. The molecule has 0 saturated carbocycles. The van der Waals surface area contributed by atoms with Crippen LogP contribution in [0.15, 0.2) is 0 Å². The van der Waals surface area contributed by atoms with Crippen molar-refractivity contribution in [3.63, 3.8) is 0 Å². The maximum atomic E-state index is 4.45. The molecule has 5 heteroatoms. The molecular weight excluding hydrogens is 545 g/mol. The Bertz CT molecular complexity index is 429. The van der Waals surface area contributed by atoms with E-state index in [0.717, 1.165) is 5.25 Å². The van der Waals surface area contributed by atoms with E-state index in [1.165, 1.54) is 165 Å². The van der Waals surface area contributed by atoms with Crippen molar-refractivity contribution < 1.29 is 0 Å². The zero-order valence-electron chi connectivity index (χ0n) is 25.5. The fourth-order valence-corrected chi connectivity index (χ4v) is 11.2. The van der Waals surface area contributed by atoms with E-state index in [9.17, 15) is 0 Å². The minimum atomic E-state index is 0.413. The van der Waals surface area contributed by atoms with Gasteiger partial charge in [-0.3, -0.25) is 0 Å². The van der Waals surface area contributed by atoms with Gasteiger partial charge in [0.05, 0.1) is 0 Å². The lowest BCUT2D eigenvalue weighted by Gasteiger charge is -2.33. The van der Waals surface area contributed by atoms with Crippen molar-refractivity contribution in [1.82, 2.24) is 0 Å². The number of unbranched alkanes of at least 4 members (excludes halogenated alkanes) is 16. The minimum Gasteiger partial charge on any atom is -0.133 e. The molecular formula is C32H66S5. The van der Waals surface area contributed by atoms with Gasteiger partial charge < -0.3 is 0 Å². The predicted octanol–water partition coefficient (Wildman–Crippen LogP) is 13.8. The molecule has 0 bridgehead atoms. The lowest BCUT2D eigenvalue weighted by atomic mass is 10.1. The quantitative estimate of drug-likeness (QED) is 0.0358. The minimum absolute atomic E-state index is 0.413. The van der Waals surface area contributed by atoms with Crippen LogP contribution in [-0.2, 0) is 0 Å². The van der Waals surface area contributed by atoms with Crippen LogP contribution in [0.25, 0.3) is 0 Å². The molecule has 0 aromatic carbocycles. The average molecular weight is 611 g/mol. The summed E-state index contributed by atoms with van der Waals surface area (Å²) in [6.45, 7) is 9.29. The van der Waals surface area contributed by atoms with Crippen LogP contribution >= 0.6 is 57.7 Å². The summed E-state index contributed by atoms with van der Waals surface area (Å²) in [5, 5.41) is 0.757. The average Bonchev–Trinajstić information content (AvgIpc) is 2.91. The number of thiol groups is 1. The molecule has 224 valence electrons. The molecule has 2 unspecified atom stereocenters. The molecule has 0 aromatic heterocycles. The Balaban J connectivity index is 4.77. The molecule has 0 nitrogen and oxygen atoms in total. The largest absolute Gasteiger partial charge is 0.133 e. The van der Waals surface area contributed by atoms with Crippen LogP contribution in [-0.4, -0.2) is 25.9 Å². The van der Waals surface area contributed by atoms with E-state index in [1.54, 1.807) is 10.8 Å². The summed E-state index contributed by atoms with van der Waals surface area (Å²) < 4.78 is 0.413. The summed E-state index contributed by atoms with van der Waals surface area (Å²) in [4.78, 5) is 0. The van der Waals surface area contributed by atoms with E-state index in [2.05, 4.69) is 74.6 Å². The molecule has 37 heavy (non-hydrogen) atoms. The van der Waals surface area contributed by atoms with Gasteiger partial charge in [0.2, 0.25) is 0 Å². The smallest absolute Gasteiger partial charge is 0.106 e. The zero-order valence-corrected chi connectivity index (χ0v) is 29.7. The third-order valence-corrected chi connectivity index (χ3v) is 14.6. The summed E-state index contributed by atoms with van der Waals surface area (Å²) >= 11 is 11.5. The Morgan fingerprint density at radius 1 is 0.486 bits per heavy atom. The Kier molecular flexibility index (Phi) is 32.2. The van der Waals surface area contributed by atoms with Gasteiger partial charge in [-0.15, -0.1) is 46.9 Å². The van der Waals surface area contributed by atoms with Crippen LogP contribution in [0, 0.1) is 0 Å². The van der Waals surface area contributed by atoms with Gasteiger partial charge in [0.25, 0.3) is 0 Å². The van der Waals surface area contributed by atoms with Crippen LogP contribution in [0.5, 0.6) is 0 Å². The van der Waals surface area contributed by atoms with Crippen molar-refractivity contribution in [3.8, 4) is 0 Å². The lowest BCUT2D eigenvalue weighted by molar-refractivity contribution is 0.574. The second-order valence-electron chi connectivity index (χ2n) is 10.9. The summed E-state index contributed by atoms with van der Waals surface area (Å²) in [7, 11) is 1.77. The first-order valence-electron chi connectivity index (χ1n) is 16.4. The van der Waals surface area contributed by atoms with Gasteiger partial charge in [0.1, 0.15) is 3.41 Å². The Hall–Kier alpha value is 1.75. The van der Waals surface area contributed by atoms with Crippen LogP contribution in [0.3, 0.4) is 0 Å². The molecule has 0 aromatic rings. The third-order valence-electron chi connectivity index (χ3n) is 7.32. The molecule has 0 radical (unpaired) electrons. The van der Waals surface area contributed by atoms with Crippen LogP contribution in [0.4, 0.5) is 0 Å². The summed E-state index contributed by atoms with van der Waals surface area (Å²) in [6.07, 6.45) is 32.3. The fourth-order valence-electron chi connectivity index (χ4n) is 4.72. The normalized spacial score (nSPS) is 14.2. The van der Waals surface area contributed by atoms with E-state index in [0.29, 0.717) is 3.41 Å². The van der Waals surface area contributed by atoms with E-state index >= 15 is 0 Å². The first-order valence-corrected chi connectivity index (χ1v) is 21.3. The second kappa shape index (κ2) is 30.7. The van der Waals surface area contributed by atoms with Gasteiger partial charge in [0, 0.05) is 5.25 Å². The molecule has 0 fully saturated rings. The van der Waals surface area contributed by atoms with Gasteiger partial charge in [0.15, 0.2) is 0 Å². The fraction of sp³-hybridized carbons (Fsp3) is 1.00. The Morgan fingerprint density at radius 2 is 0.865 bits per heavy atom. The van der Waals surface area contributed by atoms with E-state index in [-0.39, 0.29) is 0 Å². The maximum absolute atomic E-state index is 4.45. The van der Waals surface area contributed by atoms with Gasteiger partial charge in [-0.25, -0.2) is 0 Å². The van der Waals surface area contributed by atoms with Crippen molar-refractivity contribution >= 4 is 57.7 Å². The highest BCUT2D eigenvalue weighted by molar-refractivity contribution is 8.68. The molecule has 0 aliphatic carbocycles. The van der Waals surface area contributed by atoms with Gasteiger partial charge in [-0.05, 0) is 55.8 Å². The molecule has 0 saturated heterocycles. The zero-order chi connectivity index (χ0) is 27.3. The highest BCUT2D eigenvalue weighted by Gasteiger charge is 2.31. The Labute approximate surface area is 257 Å². The molecule has 0 heterocycles. The first kappa shape index (κ1) is 38.8. The number of rotatable bonds is 31. The third kappa shape index (κ3) is 25.2. The second-order valence-corrected chi connectivity index (χ2v) is 17.4. The van der Waals surface area contributed by atoms with Gasteiger partial charge in [-0.2, -0.15) is 0 Å². The van der Waals surface area contributed by atoms with Gasteiger partial charge >= 0.3 is 0 Å². The molecule has 0 rings (SSSR count). The SMILES string of the molecule is CCCCCCCCSC(CCCCCCCC(CC)SS)(SCCCCCC)SCCCCCCC. The van der Waals surface area contributed by atoms with E-state index < -0.39 is 0 Å². The molecule has 0 N–H and O–H groups in total. The number of hydrogen-bond acceptors (Lipinski definition) is 5. The van der Waals surface area contributed by atoms with Gasteiger partial charge in [-0.1, -0.05) is 148 Å². The number of thioether (sulfide) groups is 3. The summed E-state index contributed by atoms with van der Waals surface area (Å²) in [6, 6.07) is 0. The van der Waals surface area contributed by atoms with Crippen molar-refractivity contribution in [2.45, 2.75) is 184 Å². The maximum Gasteiger partial charge on any atom is 0.106 e. The van der Waals surface area contributed by atoms with Crippen molar-refractivity contribution in [3.05, 3.63) is 0 Å². The molecule has 0 aliphatic heterocycles. The van der Waals surface area contributed by atoms with Crippen LogP contribution in [0.1, 0.15) is 175 Å². The molecule has 0 spiro atoms. The molecule has 0 aliphatic rings. The van der Waals surface area contributed by atoms with E-state index in [4.69, 9.17) is 0 Å². The lowest BCUT2D eigenvalue weighted by Crippen LogP contribution is -2.18. The highest BCUT2D eigenvalue weighted by atomic mass is 33.1. The predicted molar refractivity (Wildman–Crippen MR) is 189 cm³/mol. The highest BCUT2D eigenvalue weighted by Crippen LogP contribution is 2.51. The summed E-state index contributed by atoms with van der Waals surface area (Å²) in [5.74, 6) is 4.11. The standard InChI is InChI=1S/C32H66S5/c1-5-9-12-15-20-25-30-36-32(34-28-23-14-11-7-3,35-29-24-19-13-10-6-2)27-22-18-16-17-21-26-31(8-4)37-33/h31,33H,5-30H2,1-4H3. The van der Waals surface area contributed by atoms with Crippen molar-refractivity contribution in [1.29, 1.82) is 0 Å². The first-order chi connectivity index (χ1) is 18.2. The summed E-state index contributed by atoms with van der Waals surface area (Å²) in [5.41, 5.74) is 0. The number of hydrogen-bond donors (Lipinski definition) is 1. The van der Waals surface area contributed by atoms with Crippen LogP contribution in [0.2, 0.25) is 0 Å². The van der Waals surface area contributed by atoms with Crippen LogP contribution < -0.4 is 0 Å². The monoisotopic (exact) mass is 610 g/mol. The molecule has 0 amide bonds.